The van der Waals surface area contributed by atoms with Crippen molar-refractivity contribution in [1.29, 1.82) is 0 Å². The number of ether oxygens (including phenoxy) is 1. The van der Waals surface area contributed by atoms with Gasteiger partial charge < -0.3 is 9.84 Å². The van der Waals surface area contributed by atoms with Gasteiger partial charge in [-0.05, 0) is 82.2 Å². The van der Waals surface area contributed by atoms with Gasteiger partial charge >= 0.3 is 0 Å². The lowest BCUT2D eigenvalue weighted by Crippen LogP contribution is -2.60. The number of benzene rings is 3. The van der Waals surface area contributed by atoms with Crippen LogP contribution in [0.5, 0.6) is 11.5 Å². The molecule has 8 nitrogen and oxygen atoms in total. The van der Waals surface area contributed by atoms with Crippen molar-refractivity contribution in [2.24, 2.45) is 17.8 Å². The third kappa shape index (κ3) is 4.22. The lowest BCUT2D eigenvalue weighted by atomic mass is 9.56. The molecule has 3 aromatic carbocycles. The van der Waals surface area contributed by atoms with Crippen LogP contribution in [0.15, 0.2) is 82.9 Å². The number of phenols is 1. The molecule has 2 aliphatic heterocycles. The van der Waals surface area contributed by atoms with Gasteiger partial charge in [0.05, 0.1) is 35.7 Å². The van der Waals surface area contributed by atoms with Gasteiger partial charge in [-0.1, -0.05) is 42.0 Å². The average Bonchev–Trinajstić information content (AvgIpc) is 3.37. The molecule has 0 aromatic heterocycles. The van der Waals surface area contributed by atoms with Crippen LogP contribution in [0, 0.1) is 23.6 Å². The molecule has 236 valence electrons. The molecule has 2 heterocycles. The van der Waals surface area contributed by atoms with E-state index in [0.717, 1.165) is 22.6 Å². The summed E-state index contributed by atoms with van der Waals surface area (Å²) >= 11 is 18.1. The third-order valence-electron chi connectivity index (χ3n) is 9.77. The van der Waals surface area contributed by atoms with Gasteiger partial charge in [-0.25, -0.2) is 9.29 Å². The summed E-state index contributed by atoms with van der Waals surface area (Å²) in [5.74, 6) is -6.33. The Kier molecular flexibility index (Phi) is 7.34. The van der Waals surface area contributed by atoms with E-state index in [0.29, 0.717) is 11.1 Å². The van der Waals surface area contributed by atoms with Crippen molar-refractivity contribution in [3.8, 4) is 11.5 Å². The Balaban J connectivity index is 1.39. The van der Waals surface area contributed by atoms with Crippen LogP contribution in [0.3, 0.4) is 0 Å². The van der Waals surface area contributed by atoms with Crippen molar-refractivity contribution in [3.63, 3.8) is 0 Å². The minimum Gasteiger partial charge on any atom is -0.503 e. The van der Waals surface area contributed by atoms with Gasteiger partial charge in [-0.15, -0.1) is 23.2 Å². The molecule has 0 radical (unpaired) electrons. The standard InChI is InChI=1S/C34H26BrCl2FN2O6/c1-46-25-14-18(13-24(35)28(25)41)27-21-11-12-22-26(30(43)39(29(22)42)16-17-5-3-2-4-6-17)23(21)15-33(36)31(44)40(32(45)34(27,33)37)20-9-7-19(38)8-10-20/h2-11,13-14,22-23,26-27,41H,12,15-16H2,1H3. The first-order chi connectivity index (χ1) is 21.9. The summed E-state index contributed by atoms with van der Waals surface area (Å²) in [4.78, 5) is 54.6. The molecular weight excluding hydrogens is 702 g/mol. The summed E-state index contributed by atoms with van der Waals surface area (Å²) in [7, 11) is 1.37. The number of alkyl halides is 2. The highest BCUT2D eigenvalue weighted by Crippen LogP contribution is 2.66. The van der Waals surface area contributed by atoms with Gasteiger partial charge in [0.2, 0.25) is 11.8 Å². The Morgan fingerprint density at radius 1 is 0.978 bits per heavy atom. The van der Waals surface area contributed by atoms with Crippen LogP contribution in [0.25, 0.3) is 0 Å². The van der Waals surface area contributed by atoms with E-state index in [9.17, 15) is 28.7 Å². The maximum Gasteiger partial charge on any atom is 0.258 e. The van der Waals surface area contributed by atoms with Crippen molar-refractivity contribution in [2.75, 3.05) is 12.0 Å². The molecule has 2 saturated heterocycles. The highest BCUT2D eigenvalue weighted by molar-refractivity contribution is 9.10. The number of carbonyl (C=O) groups is 4. The van der Waals surface area contributed by atoms with Crippen LogP contribution >= 0.6 is 39.1 Å². The highest BCUT2D eigenvalue weighted by Gasteiger charge is 2.76. The number of rotatable bonds is 5. The van der Waals surface area contributed by atoms with E-state index in [1.807, 2.05) is 36.4 Å². The smallest absolute Gasteiger partial charge is 0.258 e. The molecule has 3 fully saturated rings. The number of aromatic hydroxyl groups is 1. The molecule has 1 N–H and O–H groups in total. The first-order valence-electron chi connectivity index (χ1n) is 14.6. The molecule has 1 saturated carbocycles. The second-order valence-electron chi connectivity index (χ2n) is 12.1. The van der Waals surface area contributed by atoms with E-state index in [-0.39, 0.29) is 52.9 Å². The van der Waals surface area contributed by atoms with Crippen LogP contribution in [-0.2, 0) is 25.7 Å². The number of halogens is 4. The predicted molar refractivity (Wildman–Crippen MR) is 171 cm³/mol. The molecule has 6 unspecified atom stereocenters. The molecule has 2 aliphatic carbocycles. The minimum absolute atomic E-state index is 0.0783. The number of fused-ring (bicyclic) bond motifs is 4. The molecule has 6 atom stereocenters. The van der Waals surface area contributed by atoms with Crippen LogP contribution in [0.1, 0.15) is 29.9 Å². The molecule has 4 amide bonds. The number of allylic oxidation sites excluding steroid dienone is 2. The van der Waals surface area contributed by atoms with E-state index in [1.165, 1.54) is 30.2 Å². The molecule has 46 heavy (non-hydrogen) atoms. The Morgan fingerprint density at radius 2 is 1.67 bits per heavy atom. The summed E-state index contributed by atoms with van der Waals surface area (Å²) in [6, 6.07) is 17.1. The number of amides is 4. The predicted octanol–water partition coefficient (Wildman–Crippen LogP) is 6.07. The molecule has 0 spiro atoms. The van der Waals surface area contributed by atoms with Gasteiger partial charge in [-0.3, -0.25) is 24.1 Å². The van der Waals surface area contributed by atoms with Gasteiger partial charge in [0, 0.05) is 5.92 Å². The van der Waals surface area contributed by atoms with E-state index in [1.54, 1.807) is 6.07 Å². The van der Waals surface area contributed by atoms with Crippen LogP contribution in [-0.4, -0.2) is 50.5 Å². The fraction of sp³-hybridized carbons (Fsp3) is 0.294. The Labute approximate surface area is 281 Å². The summed E-state index contributed by atoms with van der Waals surface area (Å²) in [5, 5.41) is 10.6. The zero-order valence-electron chi connectivity index (χ0n) is 24.3. The minimum atomic E-state index is -2.11. The normalized spacial score (nSPS) is 30.2. The number of methoxy groups -OCH3 is 1. The Morgan fingerprint density at radius 3 is 2.35 bits per heavy atom. The van der Waals surface area contributed by atoms with Crippen LogP contribution in [0.4, 0.5) is 10.1 Å². The zero-order valence-corrected chi connectivity index (χ0v) is 27.4. The van der Waals surface area contributed by atoms with E-state index >= 15 is 0 Å². The summed E-state index contributed by atoms with van der Waals surface area (Å²) in [5.41, 5.74) is 1.87. The van der Waals surface area contributed by atoms with Crippen molar-refractivity contribution in [3.05, 3.63) is 99.8 Å². The van der Waals surface area contributed by atoms with Gasteiger partial charge in [-0.2, -0.15) is 0 Å². The van der Waals surface area contributed by atoms with E-state index in [4.69, 9.17) is 27.9 Å². The molecular formula is C34H26BrCl2FN2O6. The van der Waals surface area contributed by atoms with Crippen molar-refractivity contribution in [2.45, 2.75) is 35.1 Å². The topological polar surface area (TPSA) is 104 Å². The first-order valence-corrected chi connectivity index (χ1v) is 16.1. The second kappa shape index (κ2) is 10.9. The first kappa shape index (κ1) is 30.9. The number of hydrogen-bond acceptors (Lipinski definition) is 6. The third-order valence-corrected chi connectivity index (χ3v) is 11.8. The van der Waals surface area contributed by atoms with E-state index in [2.05, 4.69) is 15.9 Å². The van der Waals surface area contributed by atoms with Crippen LogP contribution < -0.4 is 9.64 Å². The number of carbonyl (C=O) groups excluding carboxylic acids is 4. The summed E-state index contributed by atoms with van der Waals surface area (Å²) in [6.45, 7) is 0.0975. The second-order valence-corrected chi connectivity index (χ2v) is 14.1. The maximum atomic E-state index is 14.5. The fourth-order valence-corrected chi connectivity index (χ4v) is 9.07. The number of nitrogens with zero attached hydrogens (tertiary/aromatic N) is 2. The Bertz CT molecular complexity index is 1860. The zero-order chi connectivity index (χ0) is 32.7. The van der Waals surface area contributed by atoms with E-state index < -0.39 is 51.1 Å². The molecule has 3 aromatic rings. The van der Waals surface area contributed by atoms with Crippen molar-refractivity contribution in [1.82, 2.24) is 4.90 Å². The monoisotopic (exact) mass is 726 g/mol. The lowest BCUT2D eigenvalue weighted by molar-refractivity contribution is -0.141. The lowest BCUT2D eigenvalue weighted by Gasteiger charge is -2.50. The van der Waals surface area contributed by atoms with Gasteiger partial charge in [0.1, 0.15) is 5.82 Å². The molecule has 0 bridgehead atoms. The quantitative estimate of drug-likeness (QED) is 0.195. The number of imide groups is 2. The Hall–Kier alpha value is -3.73. The van der Waals surface area contributed by atoms with Crippen molar-refractivity contribution >= 4 is 68.4 Å². The average molecular weight is 728 g/mol. The number of likely N-dealkylation sites (tertiary alicyclic amines) is 1. The van der Waals surface area contributed by atoms with Gasteiger partial charge in [0.25, 0.3) is 11.8 Å². The number of anilines is 1. The number of phenolic OH excluding ortho intramolecular Hbond substituents is 1. The molecule has 12 heteroatoms. The number of hydrogen-bond donors (Lipinski definition) is 1. The highest BCUT2D eigenvalue weighted by atomic mass is 79.9. The van der Waals surface area contributed by atoms with Gasteiger partial charge in [0.15, 0.2) is 21.2 Å². The SMILES string of the molecule is COc1cc(C2C3=CCC4C(=O)N(Cc5ccccc5)C(=O)C4C3CC3(Cl)C(=O)N(c4ccc(F)cc4)C(=O)C23Cl)cc(Br)c1O. The fourth-order valence-electron chi connectivity index (χ4n) is 7.68. The summed E-state index contributed by atoms with van der Waals surface area (Å²) < 4.78 is 19.5. The van der Waals surface area contributed by atoms with Crippen molar-refractivity contribution < 1.29 is 33.4 Å². The summed E-state index contributed by atoms with van der Waals surface area (Å²) in [6.07, 6.45) is 1.85. The van der Waals surface area contributed by atoms with Crippen LogP contribution in [0.2, 0.25) is 0 Å². The molecule has 7 rings (SSSR count). The molecule has 4 aliphatic rings. The maximum absolute atomic E-state index is 14.5. The largest absolute Gasteiger partial charge is 0.503 e.